The number of amides is 1. The molecule has 1 atom stereocenters. The van der Waals surface area contributed by atoms with Crippen molar-refractivity contribution in [2.24, 2.45) is 5.92 Å². The predicted molar refractivity (Wildman–Crippen MR) is 121 cm³/mol. The molecule has 3 aromatic rings. The molecule has 0 bridgehead atoms. The maximum Gasteiger partial charge on any atom is 0.416 e. The van der Waals surface area contributed by atoms with Crippen LogP contribution in [0.2, 0.25) is 5.02 Å². The molecule has 1 aliphatic rings. The van der Waals surface area contributed by atoms with Gasteiger partial charge in [0, 0.05) is 24.0 Å². The van der Waals surface area contributed by atoms with Gasteiger partial charge in [-0.2, -0.15) is 18.3 Å². The molecule has 34 heavy (non-hydrogen) atoms. The molecule has 1 unspecified atom stereocenters. The average Bonchev–Trinajstić information content (AvgIpc) is 3.34. The van der Waals surface area contributed by atoms with Gasteiger partial charge in [0.25, 0.3) is 5.91 Å². The SMILES string of the molecule is CC(c1ccccc1F)(C1CCC(NC(=O)c2cc(C(F)(F)F)ccc2Cl)CC1)n1cccn1. The second-order valence-corrected chi connectivity index (χ2v) is 9.20. The summed E-state index contributed by atoms with van der Waals surface area (Å²) in [5, 5.41) is 7.19. The van der Waals surface area contributed by atoms with E-state index in [9.17, 15) is 22.4 Å². The number of alkyl halides is 3. The van der Waals surface area contributed by atoms with Crippen LogP contribution >= 0.6 is 11.6 Å². The van der Waals surface area contributed by atoms with E-state index in [4.69, 9.17) is 11.6 Å². The molecule has 0 aliphatic heterocycles. The average molecular weight is 494 g/mol. The molecule has 9 heteroatoms. The lowest BCUT2D eigenvalue weighted by molar-refractivity contribution is -0.137. The fraction of sp³-hybridized carbons (Fsp3) is 0.360. The minimum absolute atomic E-state index is 0.0367. The normalized spacial score (nSPS) is 20.5. The number of aromatic nitrogens is 2. The molecule has 1 fully saturated rings. The molecule has 1 saturated carbocycles. The zero-order valence-electron chi connectivity index (χ0n) is 18.4. The first-order valence-corrected chi connectivity index (χ1v) is 11.4. The van der Waals surface area contributed by atoms with Gasteiger partial charge in [-0.05, 0) is 68.9 Å². The van der Waals surface area contributed by atoms with E-state index in [1.807, 2.05) is 13.1 Å². The molecular weight excluding hydrogens is 470 g/mol. The molecule has 4 nitrogen and oxygen atoms in total. The number of carbonyl (C=O) groups excluding carboxylic acids is 1. The Hall–Kier alpha value is -2.87. The van der Waals surface area contributed by atoms with Crippen LogP contribution in [0, 0.1) is 11.7 Å². The van der Waals surface area contributed by atoms with Crippen LogP contribution in [-0.4, -0.2) is 21.7 Å². The summed E-state index contributed by atoms with van der Waals surface area (Å²) in [7, 11) is 0. The van der Waals surface area contributed by atoms with Crippen molar-refractivity contribution >= 4 is 17.5 Å². The van der Waals surface area contributed by atoms with Gasteiger partial charge in [0.15, 0.2) is 0 Å². The van der Waals surface area contributed by atoms with E-state index in [1.165, 1.54) is 6.07 Å². The highest BCUT2D eigenvalue weighted by Gasteiger charge is 2.42. The number of rotatable bonds is 5. The van der Waals surface area contributed by atoms with E-state index in [0.29, 0.717) is 31.2 Å². The highest BCUT2D eigenvalue weighted by molar-refractivity contribution is 6.33. The van der Waals surface area contributed by atoms with Crippen LogP contribution in [0.15, 0.2) is 60.9 Å². The summed E-state index contributed by atoms with van der Waals surface area (Å²) in [4.78, 5) is 12.7. The predicted octanol–water partition coefficient (Wildman–Crippen LogP) is 6.45. The minimum atomic E-state index is -4.57. The molecule has 1 N–H and O–H groups in total. The molecule has 4 rings (SSSR count). The lowest BCUT2D eigenvalue weighted by Crippen LogP contribution is -2.45. The molecule has 2 aromatic carbocycles. The smallest absolute Gasteiger partial charge is 0.349 e. The fourth-order valence-corrected chi connectivity index (χ4v) is 5.09. The lowest BCUT2D eigenvalue weighted by Gasteiger charge is -2.42. The van der Waals surface area contributed by atoms with Gasteiger partial charge in [-0.3, -0.25) is 9.48 Å². The summed E-state index contributed by atoms with van der Waals surface area (Å²) in [5.41, 5.74) is -1.31. The molecular formula is C25H24ClF4N3O. The molecule has 1 aromatic heterocycles. The Labute approximate surface area is 199 Å². The lowest BCUT2D eigenvalue weighted by atomic mass is 9.71. The first-order chi connectivity index (χ1) is 16.1. The van der Waals surface area contributed by atoms with Crippen molar-refractivity contribution in [3.63, 3.8) is 0 Å². The quantitative estimate of drug-likeness (QED) is 0.415. The number of nitrogens with one attached hydrogen (secondary N) is 1. The maximum atomic E-state index is 14.8. The Morgan fingerprint density at radius 1 is 1.09 bits per heavy atom. The van der Waals surface area contributed by atoms with Gasteiger partial charge in [-0.15, -0.1) is 0 Å². The number of hydrogen-bond donors (Lipinski definition) is 1. The van der Waals surface area contributed by atoms with Gasteiger partial charge in [0.2, 0.25) is 0 Å². The number of halogens is 5. The van der Waals surface area contributed by atoms with Crippen LogP contribution in [0.1, 0.15) is 54.1 Å². The van der Waals surface area contributed by atoms with Crippen LogP contribution in [0.4, 0.5) is 17.6 Å². The van der Waals surface area contributed by atoms with Gasteiger partial charge in [-0.25, -0.2) is 4.39 Å². The first kappa shape index (κ1) is 24.3. The van der Waals surface area contributed by atoms with Crippen molar-refractivity contribution in [1.82, 2.24) is 15.1 Å². The first-order valence-electron chi connectivity index (χ1n) is 11.0. The van der Waals surface area contributed by atoms with Crippen molar-refractivity contribution in [3.8, 4) is 0 Å². The van der Waals surface area contributed by atoms with Crippen molar-refractivity contribution in [3.05, 3.63) is 88.5 Å². The number of benzene rings is 2. The molecule has 0 saturated heterocycles. The zero-order chi connectivity index (χ0) is 24.5. The van der Waals surface area contributed by atoms with E-state index in [-0.39, 0.29) is 28.4 Å². The summed E-state index contributed by atoms with van der Waals surface area (Å²) < 4.78 is 55.8. The summed E-state index contributed by atoms with van der Waals surface area (Å²) in [6.07, 6.45) is 1.44. The summed E-state index contributed by atoms with van der Waals surface area (Å²) in [6, 6.07) is 10.9. The highest BCUT2D eigenvalue weighted by Crippen LogP contribution is 2.43. The largest absolute Gasteiger partial charge is 0.416 e. The van der Waals surface area contributed by atoms with Gasteiger partial charge >= 0.3 is 6.18 Å². The van der Waals surface area contributed by atoms with Crippen molar-refractivity contribution < 1.29 is 22.4 Å². The standard InChI is InChI=1S/C25H24ClF4N3O/c1-24(33-14-4-13-31-33,20-5-2-3-6-22(20)27)16-7-10-18(11-8-16)32-23(34)19-15-17(25(28,29)30)9-12-21(19)26/h2-6,9,12-16,18H,7-8,10-11H2,1H3,(H,32,34). The van der Waals surface area contributed by atoms with Crippen molar-refractivity contribution in [2.75, 3.05) is 0 Å². The molecule has 1 heterocycles. The van der Waals surface area contributed by atoms with E-state index < -0.39 is 23.2 Å². The number of hydrogen-bond acceptors (Lipinski definition) is 2. The molecule has 180 valence electrons. The third-order valence-corrected chi connectivity index (χ3v) is 7.12. The third-order valence-electron chi connectivity index (χ3n) is 6.80. The minimum Gasteiger partial charge on any atom is -0.349 e. The van der Waals surface area contributed by atoms with Gasteiger partial charge in [0.05, 0.1) is 21.7 Å². The van der Waals surface area contributed by atoms with Crippen LogP contribution in [0.3, 0.4) is 0 Å². The van der Waals surface area contributed by atoms with E-state index in [1.54, 1.807) is 35.1 Å². The van der Waals surface area contributed by atoms with Crippen molar-refractivity contribution in [2.45, 2.75) is 50.4 Å². The number of nitrogens with zero attached hydrogens (tertiary/aromatic N) is 2. The summed E-state index contributed by atoms with van der Waals surface area (Å²) in [5.74, 6) is -0.909. The second kappa shape index (κ2) is 9.41. The molecule has 0 radical (unpaired) electrons. The van der Waals surface area contributed by atoms with Crippen LogP contribution in [-0.2, 0) is 11.7 Å². The van der Waals surface area contributed by atoms with Crippen LogP contribution in [0.25, 0.3) is 0 Å². The third kappa shape index (κ3) is 4.69. The van der Waals surface area contributed by atoms with Gasteiger partial charge in [-0.1, -0.05) is 29.8 Å². The molecule has 1 aliphatic carbocycles. The molecule has 0 spiro atoms. The number of carbonyl (C=O) groups is 1. The van der Waals surface area contributed by atoms with Crippen molar-refractivity contribution in [1.29, 1.82) is 0 Å². The van der Waals surface area contributed by atoms with Gasteiger partial charge in [0.1, 0.15) is 5.82 Å². The van der Waals surface area contributed by atoms with E-state index >= 15 is 0 Å². The molecule has 1 amide bonds. The zero-order valence-corrected chi connectivity index (χ0v) is 19.2. The van der Waals surface area contributed by atoms with Crippen LogP contribution in [0.5, 0.6) is 0 Å². The monoisotopic (exact) mass is 493 g/mol. The highest BCUT2D eigenvalue weighted by atomic mass is 35.5. The summed E-state index contributed by atoms with van der Waals surface area (Å²) >= 11 is 6.01. The second-order valence-electron chi connectivity index (χ2n) is 8.79. The summed E-state index contributed by atoms with van der Waals surface area (Å²) in [6.45, 7) is 1.96. The Bertz CT molecular complexity index is 1160. The van der Waals surface area contributed by atoms with E-state index in [2.05, 4.69) is 10.4 Å². The van der Waals surface area contributed by atoms with Gasteiger partial charge < -0.3 is 5.32 Å². The Kier molecular flexibility index (Phi) is 6.71. The van der Waals surface area contributed by atoms with Crippen LogP contribution < -0.4 is 5.32 Å². The Balaban J connectivity index is 1.50. The van der Waals surface area contributed by atoms with E-state index in [0.717, 1.165) is 18.2 Å². The topological polar surface area (TPSA) is 46.9 Å². The Morgan fingerprint density at radius 3 is 2.41 bits per heavy atom. The maximum absolute atomic E-state index is 14.8. The Morgan fingerprint density at radius 2 is 1.79 bits per heavy atom. The fourth-order valence-electron chi connectivity index (χ4n) is 4.88.